The molecule has 0 radical (unpaired) electrons. The maximum atomic E-state index is 12.0. The van der Waals surface area contributed by atoms with Crippen molar-refractivity contribution in [1.29, 1.82) is 0 Å². The molecule has 7 nitrogen and oxygen atoms in total. The van der Waals surface area contributed by atoms with Gasteiger partial charge in [-0.2, -0.15) is 8.42 Å². The molecule has 1 amide bonds. The monoisotopic (exact) mass is 351 g/mol. The molecule has 8 heteroatoms. The fourth-order valence-corrected chi connectivity index (χ4v) is 3.36. The summed E-state index contributed by atoms with van der Waals surface area (Å²) < 4.78 is 34.3. The summed E-state index contributed by atoms with van der Waals surface area (Å²) in [4.78, 5) is 12.0. The lowest BCUT2D eigenvalue weighted by Gasteiger charge is -2.17. The summed E-state index contributed by atoms with van der Waals surface area (Å²) in [6.07, 6.45) is 0.0636. The molecule has 1 aromatic carbocycles. The number of hydrogen-bond acceptors (Lipinski definition) is 4. The first-order chi connectivity index (χ1) is 11.3. The highest BCUT2D eigenvalue weighted by atomic mass is 32.2. The molecule has 0 atom stereocenters. The second-order valence-corrected chi connectivity index (χ2v) is 6.89. The lowest BCUT2D eigenvalue weighted by atomic mass is 10.1. The van der Waals surface area contributed by atoms with E-state index in [9.17, 15) is 13.2 Å². The Kier molecular flexibility index (Phi) is 5.61. The van der Waals surface area contributed by atoms with Crippen molar-refractivity contribution in [3.8, 4) is 5.75 Å². The Bertz CT molecular complexity index is 797. The molecule has 0 unspecified atom stereocenters. The highest BCUT2D eigenvalue weighted by Crippen LogP contribution is 2.16. The molecule has 0 saturated carbocycles. The van der Waals surface area contributed by atoms with Crippen molar-refractivity contribution in [1.82, 2.24) is 10.0 Å². The zero-order valence-electron chi connectivity index (χ0n) is 13.9. The number of aryl methyl sites for hydroxylation is 1. The average molecular weight is 351 g/mol. The van der Waals surface area contributed by atoms with Gasteiger partial charge in [0.2, 0.25) is 5.91 Å². The number of amides is 1. The number of allylic oxidation sites excluding steroid dienone is 1. The quantitative estimate of drug-likeness (QED) is 0.758. The second kappa shape index (κ2) is 7.48. The van der Waals surface area contributed by atoms with Gasteiger partial charge in [0.05, 0.1) is 18.7 Å². The van der Waals surface area contributed by atoms with Crippen LogP contribution in [0.5, 0.6) is 5.75 Å². The van der Waals surface area contributed by atoms with Gasteiger partial charge in [0.1, 0.15) is 12.4 Å². The Labute approximate surface area is 142 Å². The minimum absolute atomic E-state index is 0.0636. The van der Waals surface area contributed by atoms with Crippen LogP contribution in [0.1, 0.15) is 25.8 Å². The van der Waals surface area contributed by atoms with E-state index >= 15 is 0 Å². The molecule has 0 aliphatic carbocycles. The number of benzene rings is 1. The van der Waals surface area contributed by atoms with E-state index in [1.54, 1.807) is 13.8 Å². The predicted molar refractivity (Wildman–Crippen MR) is 92.2 cm³/mol. The summed E-state index contributed by atoms with van der Waals surface area (Å²) in [6.45, 7) is 5.88. The van der Waals surface area contributed by atoms with Crippen molar-refractivity contribution in [2.75, 3.05) is 13.2 Å². The van der Waals surface area contributed by atoms with Crippen LogP contribution in [-0.2, 0) is 15.0 Å². The molecule has 2 rings (SSSR count). The number of hydrogen-bond donors (Lipinski definition) is 2. The highest BCUT2D eigenvalue weighted by molar-refractivity contribution is 7.88. The van der Waals surface area contributed by atoms with Crippen molar-refractivity contribution in [2.24, 2.45) is 4.40 Å². The number of nitrogens with one attached hydrogen (secondary N) is 2. The minimum Gasteiger partial charge on any atom is -0.492 e. The SMILES string of the molecule is CC1=NS(=O)(=O)NC(C)=C1CC(=O)NCCOc1cccc(C)c1. The number of carbonyl (C=O) groups is 1. The Balaban J connectivity index is 1.81. The predicted octanol–water partition coefficient (Wildman–Crippen LogP) is 1.46. The van der Waals surface area contributed by atoms with Gasteiger partial charge < -0.3 is 10.1 Å². The molecule has 24 heavy (non-hydrogen) atoms. The molecule has 2 N–H and O–H groups in total. The highest BCUT2D eigenvalue weighted by Gasteiger charge is 2.21. The summed E-state index contributed by atoms with van der Waals surface area (Å²) in [5, 5.41) is 2.75. The van der Waals surface area contributed by atoms with Gasteiger partial charge in [-0.25, -0.2) is 0 Å². The second-order valence-electron chi connectivity index (χ2n) is 5.55. The van der Waals surface area contributed by atoms with E-state index in [4.69, 9.17) is 4.74 Å². The van der Waals surface area contributed by atoms with Crippen LogP contribution in [0.2, 0.25) is 0 Å². The Morgan fingerprint density at radius 3 is 2.71 bits per heavy atom. The van der Waals surface area contributed by atoms with Crippen molar-refractivity contribution in [3.63, 3.8) is 0 Å². The van der Waals surface area contributed by atoms with E-state index in [1.165, 1.54) is 0 Å². The van der Waals surface area contributed by atoms with E-state index in [-0.39, 0.29) is 12.3 Å². The zero-order chi connectivity index (χ0) is 17.7. The molecule has 0 spiro atoms. The van der Waals surface area contributed by atoms with Crippen molar-refractivity contribution in [2.45, 2.75) is 27.2 Å². The largest absolute Gasteiger partial charge is 0.492 e. The fourth-order valence-electron chi connectivity index (χ4n) is 2.33. The maximum Gasteiger partial charge on any atom is 0.342 e. The smallest absolute Gasteiger partial charge is 0.342 e. The Morgan fingerprint density at radius 2 is 2.04 bits per heavy atom. The molecule has 0 aromatic heterocycles. The van der Waals surface area contributed by atoms with E-state index in [2.05, 4.69) is 14.4 Å². The Morgan fingerprint density at radius 1 is 1.29 bits per heavy atom. The van der Waals surface area contributed by atoms with Crippen molar-refractivity contribution >= 4 is 21.8 Å². The van der Waals surface area contributed by atoms with Gasteiger partial charge in [0.25, 0.3) is 0 Å². The molecule has 1 aromatic rings. The molecule has 0 fully saturated rings. The van der Waals surface area contributed by atoms with E-state index in [1.807, 2.05) is 31.2 Å². The normalized spacial score (nSPS) is 16.2. The van der Waals surface area contributed by atoms with E-state index in [0.717, 1.165) is 11.3 Å². The minimum atomic E-state index is -3.68. The van der Waals surface area contributed by atoms with Gasteiger partial charge in [0.15, 0.2) is 0 Å². The summed E-state index contributed by atoms with van der Waals surface area (Å²) in [5.41, 5.74) is 2.45. The first kappa shape index (κ1) is 18.0. The summed E-state index contributed by atoms with van der Waals surface area (Å²) in [5.74, 6) is 0.542. The van der Waals surface area contributed by atoms with Crippen molar-refractivity contribution < 1.29 is 17.9 Å². The van der Waals surface area contributed by atoms with Crippen LogP contribution in [0.25, 0.3) is 0 Å². The third-order valence-electron chi connectivity index (χ3n) is 3.45. The Hall–Kier alpha value is -2.35. The lowest BCUT2D eigenvalue weighted by Crippen LogP contribution is -2.32. The summed E-state index contributed by atoms with van der Waals surface area (Å²) in [6, 6.07) is 7.67. The maximum absolute atomic E-state index is 12.0. The van der Waals surface area contributed by atoms with Gasteiger partial charge >= 0.3 is 10.2 Å². The van der Waals surface area contributed by atoms with Crippen LogP contribution in [0.3, 0.4) is 0 Å². The van der Waals surface area contributed by atoms with Gasteiger partial charge in [-0.3, -0.25) is 9.52 Å². The molecule has 130 valence electrons. The molecule has 0 saturated heterocycles. The molecule has 1 aliphatic heterocycles. The van der Waals surface area contributed by atoms with Crippen LogP contribution in [-0.4, -0.2) is 33.2 Å². The number of carbonyl (C=O) groups excluding carboxylic acids is 1. The van der Waals surface area contributed by atoms with E-state index in [0.29, 0.717) is 30.1 Å². The summed E-state index contributed by atoms with van der Waals surface area (Å²) in [7, 11) is -3.68. The van der Waals surface area contributed by atoms with Crippen LogP contribution in [0.15, 0.2) is 39.9 Å². The average Bonchev–Trinajstić information content (AvgIpc) is 2.47. The number of ether oxygens (including phenoxy) is 1. The first-order valence-electron chi connectivity index (χ1n) is 7.52. The third-order valence-corrected chi connectivity index (χ3v) is 4.53. The van der Waals surface area contributed by atoms with Gasteiger partial charge in [-0.1, -0.05) is 12.1 Å². The van der Waals surface area contributed by atoms with E-state index < -0.39 is 10.2 Å². The van der Waals surface area contributed by atoms with Gasteiger partial charge in [0, 0.05) is 11.3 Å². The standard InChI is InChI=1S/C16H21N3O4S/c1-11-5-4-6-14(9-11)23-8-7-17-16(20)10-15-12(2)18-24(21,22)19-13(15)3/h4-6,9,18H,7-8,10H2,1-3H3,(H,17,20). The lowest BCUT2D eigenvalue weighted by molar-refractivity contribution is -0.120. The van der Waals surface area contributed by atoms with Crippen LogP contribution >= 0.6 is 0 Å². The number of rotatable bonds is 6. The fraction of sp³-hybridized carbons (Fsp3) is 0.375. The summed E-state index contributed by atoms with van der Waals surface area (Å²) >= 11 is 0. The van der Waals surface area contributed by atoms with Crippen LogP contribution in [0.4, 0.5) is 0 Å². The molecule has 1 heterocycles. The van der Waals surface area contributed by atoms with Gasteiger partial charge in [-0.15, -0.1) is 4.40 Å². The topological polar surface area (TPSA) is 96.9 Å². The molecular weight excluding hydrogens is 330 g/mol. The van der Waals surface area contributed by atoms with Crippen LogP contribution in [0, 0.1) is 6.92 Å². The van der Waals surface area contributed by atoms with Gasteiger partial charge in [-0.05, 0) is 38.5 Å². The first-order valence-corrected chi connectivity index (χ1v) is 8.96. The molecule has 0 bridgehead atoms. The zero-order valence-corrected chi connectivity index (χ0v) is 14.7. The van der Waals surface area contributed by atoms with Crippen LogP contribution < -0.4 is 14.8 Å². The number of nitrogens with zero attached hydrogens (tertiary/aromatic N) is 1. The molecular formula is C16H21N3O4S. The van der Waals surface area contributed by atoms with Crippen molar-refractivity contribution in [3.05, 3.63) is 41.1 Å². The molecule has 1 aliphatic rings. The third kappa shape index (κ3) is 5.09.